The van der Waals surface area contributed by atoms with Crippen molar-refractivity contribution >= 4 is 0 Å². The molecule has 6 nitrogen and oxygen atoms in total. The monoisotopic (exact) mass is 331 g/mol. The Labute approximate surface area is 136 Å². The Balaban J connectivity index is 2.09. The van der Waals surface area contributed by atoms with E-state index in [4.69, 9.17) is 0 Å². The number of nitrogens with zero attached hydrogens (tertiary/aromatic N) is 5. The van der Waals surface area contributed by atoms with Crippen molar-refractivity contribution in [1.29, 1.82) is 0 Å². The zero-order valence-electron chi connectivity index (χ0n) is 12.8. The largest absolute Gasteiger partial charge is 0.382 e. The molecule has 2 heterocycles. The molecule has 0 aliphatic carbocycles. The second kappa shape index (κ2) is 6.40. The van der Waals surface area contributed by atoms with E-state index < -0.39 is 23.2 Å². The summed E-state index contributed by atoms with van der Waals surface area (Å²) < 4.78 is 29.0. The molecule has 0 spiro atoms. The van der Waals surface area contributed by atoms with Crippen LogP contribution in [0.4, 0.5) is 8.78 Å². The van der Waals surface area contributed by atoms with Crippen molar-refractivity contribution in [1.82, 2.24) is 24.7 Å². The van der Waals surface area contributed by atoms with Gasteiger partial charge in [0.15, 0.2) is 0 Å². The van der Waals surface area contributed by atoms with Crippen LogP contribution >= 0.6 is 0 Å². The van der Waals surface area contributed by atoms with E-state index in [9.17, 15) is 13.9 Å². The molecule has 0 amide bonds. The third kappa shape index (κ3) is 3.00. The van der Waals surface area contributed by atoms with Gasteiger partial charge in [0, 0.05) is 29.4 Å². The summed E-state index contributed by atoms with van der Waals surface area (Å²) in [6, 6.07) is 4.73. The normalized spacial score (nSPS) is 15.0. The van der Waals surface area contributed by atoms with Crippen LogP contribution in [0.1, 0.15) is 24.1 Å². The lowest BCUT2D eigenvalue weighted by atomic mass is 9.80. The molecule has 2 aromatic heterocycles. The van der Waals surface area contributed by atoms with Gasteiger partial charge in [-0.15, -0.1) is 0 Å². The van der Waals surface area contributed by atoms with Crippen molar-refractivity contribution in [2.24, 2.45) is 0 Å². The van der Waals surface area contributed by atoms with E-state index in [-0.39, 0.29) is 12.1 Å². The van der Waals surface area contributed by atoms with E-state index >= 15 is 0 Å². The number of hydrogen-bond donors (Lipinski definition) is 1. The Bertz CT molecular complexity index is 813. The first-order valence-electron chi connectivity index (χ1n) is 7.27. The molecule has 0 saturated carbocycles. The van der Waals surface area contributed by atoms with E-state index in [1.165, 1.54) is 35.9 Å². The zero-order valence-corrected chi connectivity index (χ0v) is 12.8. The van der Waals surface area contributed by atoms with Gasteiger partial charge < -0.3 is 5.11 Å². The van der Waals surface area contributed by atoms with E-state index in [0.717, 1.165) is 12.1 Å². The quantitative estimate of drug-likeness (QED) is 0.774. The highest BCUT2D eigenvalue weighted by atomic mass is 19.1. The summed E-state index contributed by atoms with van der Waals surface area (Å²) in [5.74, 6) is -2.16. The summed E-state index contributed by atoms with van der Waals surface area (Å²) in [6.07, 6.45) is 5.62. The van der Waals surface area contributed by atoms with Gasteiger partial charge in [-0.2, -0.15) is 5.10 Å². The van der Waals surface area contributed by atoms with Crippen LogP contribution in [0, 0.1) is 11.6 Å². The Morgan fingerprint density at radius 1 is 1.21 bits per heavy atom. The predicted molar refractivity (Wildman–Crippen MR) is 80.7 cm³/mol. The van der Waals surface area contributed by atoms with E-state index in [1.807, 2.05) is 0 Å². The van der Waals surface area contributed by atoms with Gasteiger partial charge in [-0.05, 0) is 12.1 Å². The Morgan fingerprint density at radius 2 is 2.04 bits per heavy atom. The van der Waals surface area contributed by atoms with Gasteiger partial charge in [0.05, 0.1) is 6.54 Å². The maximum atomic E-state index is 14.4. The van der Waals surface area contributed by atoms with Crippen LogP contribution in [0.2, 0.25) is 0 Å². The van der Waals surface area contributed by atoms with Gasteiger partial charge in [0.1, 0.15) is 36.2 Å². The highest BCUT2D eigenvalue weighted by Crippen LogP contribution is 2.38. The molecule has 0 saturated heterocycles. The molecule has 1 aromatic carbocycles. The summed E-state index contributed by atoms with van der Waals surface area (Å²) in [4.78, 5) is 11.8. The van der Waals surface area contributed by atoms with Crippen molar-refractivity contribution in [2.45, 2.75) is 25.0 Å². The fraction of sp³-hybridized carbons (Fsp3) is 0.250. The fourth-order valence-corrected chi connectivity index (χ4v) is 2.66. The molecule has 124 valence electrons. The molecule has 0 aliphatic heterocycles. The van der Waals surface area contributed by atoms with E-state index in [0.29, 0.717) is 5.69 Å². The molecule has 24 heavy (non-hydrogen) atoms. The first-order chi connectivity index (χ1) is 11.5. The van der Waals surface area contributed by atoms with Crippen molar-refractivity contribution in [3.8, 4) is 0 Å². The van der Waals surface area contributed by atoms with Gasteiger partial charge in [0.25, 0.3) is 0 Å². The molecule has 0 fully saturated rings. The van der Waals surface area contributed by atoms with E-state index in [1.54, 1.807) is 13.0 Å². The molecule has 2 atom stereocenters. The number of halogens is 2. The van der Waals surface area contributed by atoms with Crippen molar-refractivity contribution in [3.63, 3.8) is 0 Å². The van der Waals surface area contributed by atoms with Crippen LogP contribution in [-0.2, 0) is 12.1 Å². The van der Waals surface area contributed by atoms with Crippen LogP contribution in [0.5, 0.6) is 0 Å². The van der Waals surface area contributed by atoms with Crippen LogP contribution in [0.3, 0.4) is 0 Å². The average Bonchev–Trinajstić information content (AvgIpc) is 3.07. The summed E-state index contributed by atoms with van der Waals surface area (Å²) in [5.41, 5.74) is -1.22. The van der Waals surface area contributed by atoms with Gasteiger partial charge in [-0.1, -0.05) is 13.0 Å². The molecular formula is C16H15F2N5O. The molecular weight excluding hydrogens is 316 g/mol. The number of aromatic nitrogens is 5. The number of aliphatic hydroxyl groups is 1. The van der Waals surface area contributed by atoms with Crippen LogP contribution in [-0.4, -0.2) is 29.8 Å². The SMILES string of the molecule is C[C@@H](c1ccncn1)[C@@](O)(Cn1cncn1)c1ccc(F)cc1F. The second-order valence-corrected chi connectivity index (χ2v) is 5.50. The summed E-state index contributed by atoms with van der Waals surface area (Å²) >= 11 is 0. The smallest absolute Gasteiger partial charge is 0.137 e. The number of hydrogen-bond acceptors (Lipinski definition) is 5. The summed E-state index contributed by atoms with van der Waals surface area (Å²) in [7, 11) is 0. The molecule has 3 aromatic rings. The number of rotatable bonds is 5. The van der Waals surface area contributed by atoms with Crippen LogP contribution in [0.15, 0.2) is 49.4 Å². The zero-order chi connectivity index (χ0) is 17.2. The maximum Gasteiger partial charge on any atom is 0.137 e. The number of benzene rings is 1. The van der Waals surface area contributed by atoms with Crippen molar-refractivity contribution in [3.05, 3.63) is 72.3 Å². The van der Waals surface area contributed by atoms with Gasteiger partial charge in [-0.3, -0.25) is 0 Å². The second-order valence-electron chi connectivity index (χ2n) is 5.50. The molecule has 0 aliphatic rings. The lowest BCUT2D eigenvalue weighted by Gasteiger charge is -2.34. The minimum atomic E-state index is -1.71. The van der Waals surface area contributed by atoms with Gasteiger partial charge >= 0.3 is 0 Å². The molecule has 1 N–H and O–H groups in total. The first-order valence-corrected chi connectivity index (χ1v) is 7.27. The lowest BCUT2D eigenvalue weighted by molar-refractivity contribution is -0.0123. The minimum Gasteiger partial charge on any atom is -0.382 e. The molecule has 0 unspecified atom stereocenters. The fourth-order valence-electron chi connectivity index (χ4n) is 2.66. The average molecular weight is 331 g/mol. The molecule has 8 heteroatoms. The third-order valence-corrected chi connectivity index (χ3v) is 4.03. The van der Waals surface area contributed by atoms with Gasteiger partial charge in [-0.25, -0.2) is 28.4 Å². The van der Waals surface area contributed by atoms with Crippen LogP contribution < -0.4 is 0 Å². The molecule has 3 rings (SSSR count). The Kier molecular flexibility index (Phi) is 4.30. The topological polar surface area (TPSA) is 76.7 Å². The predicted octanol–water partition coefficient (Wildman–Crippen LogP) is 2.04. The standard InChI is InChI=1S/C16H15F2N5O/c1-11(15-4-5-19-8-21-15)16(24,7-23-10-20-9-22-23)13-3-2-12(17)6-14(13)18/h2-6,8-11,24H,7H2,1H3/t11-,16-/m0/s1. The summed E-state index contributed by atoms with van der Waals surface area (Å²) in [5, 5.41) is 15.3. The Hall–Kier alpha value is -2.74. The summed E-state index contributed by atoms with van der Waals surface area (Å²) in [6.45, 7) is 1.64. The molecule has 0 bridgehead atoms. The minimum absolute atomic E-state index is 0.0366. The highest BCUT2D eigenvalue weighted by molar-refractivity contribution is 5.29. The Morgan fingerprint density at radius 3 is 2.67 bits per heavy atom. The van der Waals surface area contributed by atoms with Gasteiger partial charge in [0.2, 0.25) is 0 Å². The van der Waals surface area contributed by atoms with Crippen molar-refractivity contribution in [2.75, 3.05) is 0 Å². The molecule has 0 radical (unpaired) electrons. The van der Waals surface area contributed by atoms with Crippen LogP contribution in [0.25, 0.3) is 0 Å². The highest BCUT2D eigenvalue weighted by Gasteiger charge is 2.40. The van der Waals surface area contributed by atoms with E-state index in [2.05, 4.69) is 20.1 Å². The van der Waals surface area contributed by atoms with Crippen molar-refractivity contribution < 1.29 is 13.9 Å². The maximum absolute atomic E-state index is 14.4. The lowest BCUT2D eigenvalue weighted by Crippen LogP contribution is -2.38. The first kappa shape index (κ1) is 16.1. The third-order valence-electron chi connectivity index (χ3n) is 4.03.